The summed E-state index contributed by atoms with van der Waals surface area (Å²) in [6.45, 7) is 2.90. The van der Waals surface area contributed by atoms with Gasteiger partial charge >= 0.3 is 5.69 Å². The van der Waals surface area contributed by atoms with Gasteiger partial charge in [0.25, 0.3) is 0 Å². The van der Waals surface area contributed by atoms with Gasteiger partial charge in [-0.25, -0.2) is 9.78 Å². The number of imidazole rings is 1. The number of thiophene rings is 1. The largest absolute Gasteiger partial charge is 0.330 e. The molecule has 0 saturated carbocycles. The lowest BCUT2D eigenvalue weighted by molar-refractivity contribution is 0.316. The molecule has 1 saturated heterocycles. The van der Waals surface area contributed by atoms with E-state index in [2.05, 4.69) is 26.7 Å². The minimum absolute atomic E-state index is 0.0380. The molecule has 4 heterocycles. The van der Waals surface area contributed by atoms with Crippen molar-refractivity contribution >= 4 is 22.5 Å². The Labute approximate surface area is 132 Å². The minimum atomic E-state index is 0.0380. The summed E-state index contributed by atoms with van der Waals surface area (Å²) in [7, 11) is 1.82. The number of fused-ring (bicyclic) bond motifs is 1. The van der Waals surface area contributed by atoms with Crippen LogP contribution in [0.4, 0.5) is 0 Å². The van der Waals surface area contributed by atoms with Crippen LogP contribution in [0.3, 0.4) is 0 Å². The maximum atomic E-state index is 12.6. The van der Waals surface area contributed by atoms with Gasteiger partial charge in [0.2, 0.25) is 0 Å². The average Bonchev–Trinajstić information content (AvgIpc) is 3.24. The number of aromatic nitrogens is 3. The number of likely N-dealkylation sites (tertiary alicyclic amines) is 1. The average molecular weight is 314 g/mol. The molecule has 5 nitrogen and oxygen atoms in total. The van der Waals surface area contributed by atoms with Crippen LogP contribution < -0.4 is 5.69 Å². The summed E-state index contributed by atoms with van der Waals surface area (Å²) in [5.41, 5.74) is 3.10. The quantitative estimate of drug-likeness (QED) is 0.745. The van der Waals surface area contributed by atoms with Crippen LogP contribution in [0.25, 0.3) is 11.2 Å². The summed E-state index contributed by atoms with van der Waals surface area (Å²) < 4.78 is 3.58. The first-order valence-corrected chi connectivity index (χ1v) is 8.43. The molecule has 22 heavy (non-hydrogen) atoms. The smallest absolute Gasteiger partial charge is 0.297 e. The van der Waals surface area contributed by atoms with E-state index in [4.69, 9.17) is 0 Å². The summed E-state index contributed by atoms with van der Waals surface area (Å²) >= 11 is 1.73. The SMILES string of the molecule is Cn1c(=O)n([C@@H]2CCN(Cc3ccsc3)C2)c2ncccc21. The normalized spacial score (nSPS) is 19.2. The zero-order chi connectivity index (χ0) is 15.1. The number of hydrogen-bond donors (Lipinski definition) is 0. The van der Waals surface area contributed by atoms with Crippen molar-refractivity contribution in [2.45, 2.75) is 19.0 Å². The highest BCUT2D eigenvalue weighted by atomic mass is 32.1. The Hall–Kier alpha value is -1.92. The number of aryl methyl sites for hydroxylation is 1. The molecule has 0 aliphatic carbocycles. The van der Waals surface area contributed by atoms with Gasteiger partial charge in [0.15, 0.2) is 5.65 Å². The molecular weight excluding hydrogens is 296 g/mol. The van der Waals surface area contributed by atoms with E-state index in [1.807, 2.05) is 23.7 Å². The molecular formula is C16H18N4OS. The van der Waals surface area contributed by atoms with Crippen LogP contribution in [0.5, 0.6) is 0 Å². The Morgan fingerprint density at radius 2 is 2.32 bits per heavy atom. The van der Waals surface area contributed by atoms with E-state index in [0.717, 1.165) is 37.2 Å². The molecule has 0 unspecified atom stereocenters. The molecule has 1 aliphatic rings. The molecule has 114 valence electrons. The third kappa shape index (κ3) is 2.19. The van der Waals surface area contributed by atoms with Crippen LogP contribution in [0.1, 0.15) is 18.0 Å². The Bertz CT molecular complexity index is 849. The predicted molar refractivity (Wildman–Crippen MR) is 88.2 cm³/mol. The van der Waals surface area contributed by atoms with Crippen LogP contribution in [-0.2, 0) is 13.6 Å². The molecule has 0 N–H and O–H groups in total. The molecule has 0 amide bonds. The highest BCUT2D eigenvalue weighted by molar-refractivity contribution is 7.07. The van der Waals surface area contributed by atoms with E-state index in [-0.39, 0.29) is 11.7 Å². The third-order valence-corrected chi connectivity index (χ3v) is 5.18. The summed E-state index contributed by atoms with van der Waals surface area (Å²) in [6, 6.07) is 6.22. The maximum Gasteiger partial charge on any atom is 0.330 e. The van der Waals surface area contributed by atoms with E-state index >= 15 is 0 Å². The van der Waals surface area contributed by atoms with E-state index in [0.29, 0.717) is 0 Å². The summed E-state index contributed by atoms with van der Waals surface area (Å²) in [6.07, 6.45) is 2.76. The molecule has 1 atom stereocenters. The second-order valence-corrected chi connectivity index (χ2v) is 6.65. The molecule has 3 aromatic rings. The second-order valence-electron chi connectivity index (χ2n) is 5.87. The van der Waals surface area contributed by atoms with Crippen molar-refractivity contribution in [3.63, 3.8) is 0 Å². The molecule has 0 bridgehead atoms. The monoisotopic (exact) mass is 314 g/mol. The van der Waals surface area contributed by atoms with Crippen LogP contribution in [0.2, 0.25) is 0 Å². The van der Waals surface area contributed by atoms with Crippen molar-refractivity contribution in [3.8, 4) is 0 Å². The van der Waals surface area contributed by atoms with Gasteiger partial charge in [-0.3, -0.25) is 14.0 Å². The van der Waals surface area contributed by atoms with Crippen molar-refractivity contribution < 1.29 is 0 Å². The fraction of sp³-hybridized carbons (Fsp3) is 0.375. The zero-order valence-corrected chi connectivity index (χ0v) is 13.3. The van der Waals surface area contributed by atoms with Crippen molar-refractivity contribution in [3.05, 3.63) is 51.2 Å². The lowest BCUT2D eigenvalue weighted by Crippen LogP contribution is -2.28. The summed E-state index contributed by atoms with van der Waals surface area (Å²) in [5.74, 6) is 0. The number of nitrogens with zero attached hydrogens (tertiary/aromatic N) is 4. The minimum Gasteiger partial charge on any atom is -0.297 e. The Balaban J connectivity index is 1.64. The molecule has 1 aliphatic heterocycles. The first-order valence-electron chi connectivity index (χ1n) is 7.49. The second kappa shape index (κ2) is 5.37. The Morgan fingerprint density at radius 3 is 3.14 bits per heavy atom. The van der Waals surface area contributed by atoms with E-state index in [1.165, 1.54) is 5.56 Å². The van der Waals surface area contributed by atoms with Crippen LogP contribution in [0, 0.1) is 0 Å². The molecule has 0 aromatic carbocycles. The molecule has 3 aromatic heterocycles. The van der Waals surface area contributed by atoms with Gasteiger partial charge in [0.1, 0.15) is 0 Å². The lowest BCUT2D eigenvalue weighted by Gasteiger charge is -2.15. The number of rotatable bonds is 3. The van der Waals surface area contributed by atoms with Crippen molar-refractivity contribution in [1.82, 2.24) is 19.0 Å². The number of hydrogen-bond acceptors (Lipinski definition) is 4. The molecule has 0 spiro atoms. The van der Waals surface area contributed by atoms with E-state index < -0.39 is 0 Å². The molecule has 1 fully saturated rings. The van der Waals surface area contributed by atoms with Crippen molar-refractivity contribution in [2.24, 2.45) is 7.05 Å². The van der Waals surface area contributed by atoms with E-state index in [1.54, 1.807) is 22.1 Å². The van der Waals surface area contributed by atoms with Crippen LogP contribution in [0.15, 0.2) is 40.0 Å². The van der Waals surface area contributed by atoms with Gasteiger partial charge in [-0.2, -0.15) is 11.3 Å². The first-order chi connectivity index (χ1) is 10.7. The lowest BCUT2D eigenvalue weighted by atomic mass is 10.2. The number of pyridine rings is 1. The highest BCUT2D eigenvalue weighted by Crippen LogP contribution is 2.25. The molecule has 4 rings (SSSR count). The van der Waals surface area contributed by atoms with Gasteiger partial charge in [-0.05, 0) is 40.9 Å². The van der Waals surface area contributed by atoms with Gasteiger partial charge < -0.3 is 0 Å². The molecule has 6 heteroatoms. The maximum absolute atomic E-state index is 12.6. The Kier molecular flexibility index (Phi) is 3.35. The van der Waals surface area contributed by atoms with Crippen molar-refractivity contribution in [2.75, 3.05) is 13.1 Å². The topological polar surface area (TPSA) is 43.1 Å². The van der Waals surface area contributed by atoms with Gasteiger partial charge in [0, 0.05) is 32.9 Å². The van der Waals surface area contributed by atoms with Gasteiger partial charge in [0.05, 0.1) is 11.6 Å². The van der Waals surface area contributed by atoms with Gasteiger partial charge in [-0.15, -0.1) is 0 Å². The summed E-state index contributed by atoms with van der Waals surface area (Å²) in [4.78, 5) is 19.4. The summed E-state index contributed by atoms with van der Waals surface area (Å²) in [5, 5.41) is 4.31. The van der Waals surface area contributed by atoms with Crippen molar-refractivity contribution in [1.29, 1.82) is 0 Å². The molecule has 0 radical (unpaired) electrons. The highest BCUT2D eigenvalue weighted by Gasteiger charge is 2.27. The van der Waals surface area contributed by atoms with Crippen LogP contribution >= 0.6 is 11.3 Å². The fourth-order valence-corrected chi connectivity index (χ4v) is 3.99. The standard InChI is InChI=1S/C16H18N4OS/c1-18-14-3-2-6-17-15(14)20(16(18)21)13-4-7-19(10-13)9-12-5-8-22-11-12/h2-3,5-6,8,11,13H,4,7,9-10H2,1H3/t13-/m1/s1. The van der Waals surface area contributed by atoms with Crippen LogP contribution in [-0.4, -0.2) is 32.1 Å². The fourth-order valence-electron chi connectivity index (χ4n) is 3.33. The predicted octanol–water partition coefficient (Wildman–Crippen LogP) is 2.24. The Morgan fingerprint density at radius 1 is 1.41 bits per heavy atom. The first kappa shape index (κ1) is 13.7. The third-order valence-electron chi connectivity index (χ3n) is 4.45. The van der Waals surface area contributed by atoms with E-state index in [9.17, 15) is 4.79 Å². The van der Waals surface area contributed by atoms with Gasteiger partial charge in [-0.1, -0.05) is 0 Å². The zero-order valence-electron chi connectivity index (χ0n) is 12.5.